The van der Waals surface area contributed by atoms with Crippen LogP contribution in [0.2, 0.25) is 5.02 Å². The number of ether oxygens (including phenoxy) is 2. The first-order valence-corrected chi connectivity index (χ1v) is 17.3. The molecule has 4 saturated heterocycles. The van der Waals surface area contributed by atoms with E-state index in [1.54, 1.807) is 6.07 Å². The maximum atomic E-state index is 17.1. The van der Waals surface area contributed by atoms with Crippen molar-refractivity contribution in [2.75, 3.05) is 25.4 Å². The highest BCUT2D eigenvalue weighted by molar-refractivity contribution is 7.16. The molecule has 0 spiro atoms. The van der Waals surface area contributed by atoms with E-state index in [4.69, 9.17) is 31.8 Å². The largest absolute Gasteiger partial charge is 0.474 e. The number of hydrogen-bond acceptors (Lipinski definition) is 9. The van der Waals surface area contributed by atoms with E-state index in [-0.39, 0.29) is 35.1 Å². The van der Waals surface area contributed by atoms with Crippen LogP contribution in [0, 0.1) is 17.1 Å². The number of aromatic nitrogens is 2. The van der Waals surface area contributed by atoms with E-state index in [2.05, 4.69) is 21.3 Å². The van der Waals surface area contributed by atoms with Crippen molar-refractivity contribution >= 4 is 38.8 Å². The summed E-state index contributed by atoms with van der Waals surface area (Å²) in [5.74, 6) is -0.328. The van der Waals surface area contributed by atoms with Gasteiger partial charge in [0.1, 0.15) is 35.5 Å². The fraction of sp³-hybridized carbons (Fsp3) is 0.606. The molecule has 4 fully saturated rings. The van der Waals surface area contributed by atoms with E-state index in [1.807, 2.05) is 6.92 Å². The molecule has 3 N–H and O–H groups in total. The van der Waals surface area contributed by atoms with E-state index in [0.717, 1.165) is 68.4 Å². The SMILES string of the molecule is CC1(c2c(Cl)cc3c(OC4C[C@H]5CC[C@@H](C4)N5)nc(OC[C@@]45CCCN4C[C@H](F)C5)nc3c2F)CCCc2sc(N)c(C#N)c21. The third-order valence-electron chi connectivity index (χ3n) is 11.1. The Labute approximate surface area is 270 Å². The fourth-order valence-electron chi connectivity index (χ4n) is 9.06. The van der Waals surface area contributed by atoms with Crippen molar-refractivity contribution in [1.82, 2.24) is 20.2 Å². The lowest BCUT2D eigenvalue weighted by molar-refractivity contribution is 0.104. The molecule has 0 radical (unpaired) electrons. The van der Waals surface area contributed by atoms with Crippen molar-refractivity contribution in [3.05, 3.63) is 38.5 Å². The van der Waals surface area contributed by atoms with Gasteiger partial charge in [-0.05, 0) is 76.0 Å². The number of fused-ring (bicyclic) bond motifs is 5. The summed E-state index contributed by atoms with van der Waals surface area (Å²) in [6.07, 6.45) is 7.31. The standard InChI is InChI=1S/C33H37ClF2N6O2S/c1-32(7-2-4-24-25(32)22(14-37)29(38)45-24)26-23(34)12-21-28(27(26)36)40-31(43-16-33-8-3-9-42(33)15-17(35)13-33)41-30(21)44-20-10-18-5-6-19(11-20)39-18/h12,17-20,39H,2-11,13,15-16,38H2,1H3/t17-,18-,19+,20?,32?,33+/m1/s1. The molecule has 12 heteroatoms. The predicted molar refractivity (Wildman–Crippen MR) is 169 cm³/mol. The first-order valence-electron chi connectivity index (χ1n) is 16.1. The second kappa shape index (κ2) is 10.9. The molecule has 2 aromatic heterocycles. The fourth-order valence-corrected chi connectivity index (χ4v) is 10.7. The summed E-state index contributed by atoms with van der Waals surface area (Å²) in [7, 11) is 0. The molecule has 1 aromatic carbocycles. The molecule has 2 bridgehead atoms. The summed E-state index contributed by atoms with van der Waals surface area (Å²) in [6, 6.07) is 4.76. The smallest absolute Gasteiger partial charge is 0.320 e. The molecule has 45 heavy (non-hydrogen) atoms. The van der Waals surface area contributed by atoms with Crippen LogP contribution < -0.4 is 20.5 Å². The molecule has 0 amide bonds. The number of nitrogens with zero attached hydrogens (tertiary/aromatic N) is 4. The first-order chi connectivity index (χ1) is 21.7. The molecular weight excluding hydrogens is 618 g/mol. The van der Waals surface area contributed by atoms with Crippen LogP contribution in [0.4, 0.5) is 13.8 Å². The topological polar surface area (TPSA) is 109 Å². The van der Waals surface area contributed by atoms with Crippen molar-refractivity contribution < 1.29 is 18.3 Å². The molecule has 8 nitrogen and oxygen atoms in total. The molecule has 0 saturated carbocycles. The zero-order valence-electron chi connectivity index (χ0n) is 25.3. The Morgan fingerprint density at radius 3 is 2.80 bits per heavy atom. The van der Waals surface area contributed by atoms with Gasteiger partial charge in [0.05, 0.1) is 16.5 Å². The van der Waals surface area contributed by atoms with Gasteiger partial charge >= 0.3 is 6.01 Å². The summed E-state index contributed by atoms with van der Waals surface area (Å²) < 4.78 is 44.4. The molecule has 4 aliphatic heterocycles. The van der Waals surface area contributed by atoms with Crippen LogP contribution in [0.15, 0.2) is 6.07 Å². The van der Waals surface area contributed by atoms with Crippen LogP contribution in [0.3, 0.4) is 0 Å². The quantitative estimate of drug-likeness (QED) is 0.324. The van der Waals surface area contributed by atoms with Crippen molar-refractivity contribution in [1.29, 1.82) is 5.26 Å². The number of benzene rings is 1. The number of nitrogens with one attached hydrogen (secondary N) is 1. The van der Waals surface area contributed by atoms with Gasteiger partial charge in [-0.1, -0.05) is 18.5 Å². The number of nitrogens with two attached hydrogens (primary N) is 1. The zero-order chi connectivity index (χ0) is 31.1. The Hall–Kier alpha value is -2.78. The van der Waals surface area contributed by atoms with E-state index in [1.165, 1.54) is 11.3 Å². The van der Waals surface area contributed by atoms with Crippen molar-refractivity contribution in [3.63, 3.8) is 0 Å². The maximum Gasteiger partial charge on any atom is 0.320 e. The van der Waals surface area contributed by atoms with Gasteiger partial charge < -0.3 is 20.5 Å². The van der Waals surface area contributed by atoms with Gasteiger partial charge in [-0.15, -0.1) is 11.3 Å². The number of halogens is 3. The van der Waals surface area contributed by atoms with Crippen LogP contribution in [0.5, 0.6) is 11.9 Å². The predicted octanol–water partition coefficient (Wildman–Crippen LogP) is 6.20. The lowest BCUT2D eigenvalue weighted by Gasteiger charge is -2.36. The van der Waals surface area contributed by atoms with Crippen molar-refractivity contribution in [3.8, 4) is 18.0 Å². The zero-order valence-corrected chi connectivity index (χ0v) is 26.9. The minimum absolute atomic E-state index is 0.0112. The van der Waals surface area contributed by atoms with E-state index in [0.29, 0.717) is 53.0 Å². The number of anilines is 1. The molecule has 6 atom stereocenters. The summed E-state index contributed by atoms with van der Waals surface area (Å²) in [5.41, 5.74) is 6.49. The van der Waals surface area contributed by atoms with Crippen molar-refractivity contribution in [2.24, 2.45) is 0 Å². The van der Waals surface area contributed by atoms with Crippen LogP contribution in [0.1, 0.15) is 86.3 Å². The average molecular weight is 655 g/mol. The second-order valence-electron chi connectivity index (χ2n) is 13.9. The number of piperidine rings is 1. The van der Waals surface area contributed by atoms with Crippen LogP contribution in [0.25, 0.3) is 10.9 Å². The van der Waals surface area contributed by atoms with Gasteiger partial charge in [0, 0.05) is 45.9 Å². The molecule has 238 valence electrons. The molecule has 2 unspecified atom stereocenters. The lowest BCUT2D eigenvalue weighted by Crippen LogP contribution is -2.43. The van der Waals surface area contributed by atoms with Crippen LogP contribution >= 0.6 is 22.9 Å². The van der Waals surface area contributed by atoms with Gasteiger partial charge in [-0.25, -0.2) is 8.78 Å². The summed E-state index contributed by atoms with van der Waals surface area (Å²) in [6.45, 7) is 3.40. The van der Waals surface area contributed by atoms with E-state index < -0.39 is 22.9 Å². The Balaban J connectivity index is 1.23. The second-order valence-corrected chi connectivity index (χ2v) is 15.4. The van der Waals surface area contributed by atoms with Crippen molar-refractivity contribution in [2.45, 2.75) is 106 Å². The molecule has 3 aromatic rings. The number of nitrogen functional groups attached to an aromatic ring is 1. The van der Waals surface area contributed by atoms with Gasteiger partial charge in [-0.3, -0.25) is 4.90 Å². The minimum atomic E-state index is -0.895. The number of alkyl halides is 1. The highest BCUT2D eigenvalue weighted by Crippen LogP contribution is 2.52. The Bertz CT molecular complexity index is 1720. The summed E-state index contributed by atoms with van der Waals surface area (Å²) >= 11 is 8.39. The van der Waals surface area contributed by atoms with Gasteiger partial charge in [-0.2, -0.15) is 15.2 Å². The van der Waals surface area contributed by atoms with E-state index in [9.17, 15) is 9.65 Å². The third-order valence-corrected chi connectivity index (χ3v) is 12.4. The Kier molecular flexibility index (Phi) is 7.17. The van der Waals surface area contributed by atoms with Crippen LogP contribution in [-0.2, 0) is 11.8 Å². The Morgan fingerprint density at radius 1 is 1.22 bits per heavy atom. The Morgan fingerprint density at radius 2 is 2.02 bits per heavy atom. The monoisotopic (exact) mass is 654 g/mol. The summed E-state index contributed by atoms with van der Waals surface area (Å²) in [5, 5.41) is 14.7. The van der Waals surface area contributed by atoms with Gasteiger partial charge in [0.2, 0.25) is 5.88 Å². The highest BCUT2D eigenvalue weighted by Gasteiger charge is 2.49. The normalized spacial score (nSPS) is 32.4. The van der Waals surface area contributed by atoms with Crippen LogP contribution in [-0.4, -0.2) is 64.5 Å². The van der Waals surface area contributed by atoms with E-state index >= 15 is 4.39 Å². The highest BCUT2D eigenvalue weighted by atomic mass is 35.5. The third kappa shape index (κ3) is 4.78. The number of aryl methyl sites for hydroxylation is 1. The summed E-state index contributed by atoms with van der Waals surface area (Å²) in [4.78, 5) is 12.5. The average Bonchev–Trinajstić information content (AvgIpc) is 3.73. The lowest BCUT2D eigenvalue weighted by atomic mass is 9.68. The molecule has 8 rings (SSSR count). The molecule has 5 aliphatic rings. The number of hydrogen-bond donors (Lipinski definition) is 2. The number of thiophene rings is 1. The van der Waals surface area contributed by atoms with Gasteiger partial charge in [0.15, 0.2) is 5.82 Å². The molecular formula is C33H37ClF2N6O2S. The molecule has 1 aliphatic carbocycles. The first kappa shape index (κ1) is 29.6. The number of rotatable bonds is 6. The van der Waals surface area contributed by atoms with Gasteiger partial charge in [0.25, 0.3) is 0 Å². The minimum Gasteiger partial charge on any atom is -0.474 e. The molecule has 6 heterocycles. The maximum absolute atomic E-state index is 17.1. The number of nitriles is 1.